The molecule has 0 saturated carbocycles. The number of carbonyl (C=O) groups excluding carboxylic acids is 1. The Labute approximate surface area is 76.9 Å². The van der Waals surface area contributed by atoms with Crippen LogP contribution < -0.4 is 0 Å². The summed E-state index contributed by atoms with van der Waals surface area (Å²) in [6.45, 7) is 3.63. The van der Waals surface area contributed by atoms with E-state index in [0.29, 0.717) is 6.61 Å². The molecule has 0 aromatic rings. The first-order valence-electron chi connectivity index (χ1n) is 2.70. The Morgan fingerprint density at radius 2 is 2.40 bits per heavy atom. The van der Waals surface area contributed by atoms with E-state index in [9.17, 15) is 4.79 Å². The molecular weight excluding hydrogens is 264 g/mol. The monoisotopic (exact) mass is 270 g/mol. The maximum absolute atomic E-state index is 10.5. The van der Waals surface area contributed by atoms with Crippen LogP contribution in [0.1, 0.15) is 0 Å². The second kappa shape index (κ2) is 5.92. The lowest BCUT2D eigenvalue weighted by Crippen LogP contribution is -2.12. The molecular formula is C6H8Br2O2. The summed E-state index contributed by atoms with van der Waals surface area (Å²) in [5.74, 6) is -0.384. The average Bonchev–Trinajstić information content (AvgIpc) is 1.99. The SMILES string of the molecule is C=CC(=O)OC[C@H](Br)CBr. The highest BCUT2D eigenvalue weighted by atomic mass is 79.9. The van der Waals surface area contributed by atoms with Gasteiger partial charge < -0.3 is 4.74 Å². The van der Waals surface area contributed by atoms with Crippen LogP contribution in [0.2, 0.25) is 0 Å². The first kappa shape index (κ1) is 10.2. The fraction of sp³-hybridized carbons (Fsp3) is 0.500. The van der Waals surface area contributed by atoms with Crippen LogP contribution in [-0.4, -0.2) is 22.7 Å². The van der Waals surface area contributed by atoms with Crippen LogP contribution in [0.5, 0.6) is 0 Å². The first-order valence-corrected chi connectivity index (χ1v) is 4.73. The van der Waals surface area contributed by atoms with Crippen LogP contribution in [0.15, 0.2) is 12.7 Å². The molecule has 0 heterocycles. The minimum absolute atomic E-state index is 0.177. The summed E-state index contributed by atoms with van der Waals surface area (Å²) in [6.07, 6.45) is 1.15. The Bertz CT molecular complexity index is 125. The van der Waals surface area contributed by atoms with Crippen molar-refractivity contribution in [3.05, 3.63) is 12.7 Å². The molecule has 0 aliphatic rings. The van der Waals surface area contributed by atoms with Crippen LogP contribution in [0.4, 0.5) is 0 Å². The second-order valence-electron chi connectivity index (χ2n) is 1.59. The van der Waals surface area contributed by atoms with Crippen LogP contribution in [0.25, 0.3) is 0 Å². The largest absolute Gasteiger partial charge is 0.461 e. The molecule has 58 valence electrons. The lowest BCUT2D eigenvalue weighted by Gasteiger charge is -2.04. The van der Waals surface area contributed by atoms with Crippen LogP contribution in [-0.2, 0) is 9.53 Å². The Morgan fingerprint density at radius 1 is 1.80 bits per heavy atom. The Morgan fingerprint density at radius 3 is 2.80 bits per heavy atom. The molecule has 0 fully saturated rings. The number of hydrogen-bond donors (Lipinski definition) is 0. The number of esters is 1. The molecule has 10 heavy (non-hydrogen) atoms. The summed E-state index contributed by atoms with van der Waals surface area (Å²) < 4.78 is 4.71. The van der Waals surface area contributed by atoms with E-state index in [1.165, 1.54) is 0 Å². The normalized spacial score (nSPS) is 12.2. The van der Waals surface area contributed by atoms with Gasteiger partial charge in [0.15, 0.2) is 0 Å². The van der Waals surface area contributed by atoms with Gasteiger partial charge in [0.25, 0.3) is 0 Å². The van der Waals surface area contributed by atoms with Crippen molar-refractivity contribution in [2.24, 2.45) is 0 Å². The zero-order valence-corrected chi connectivity index (χ0v) is 8.52. The molecule has 4 heteroatoms. The van der Waals surface area contributed by atoms with E-state index in [2.05, 4.69) is 38.4 Å². The molecule has 0 aromatic carbocycles. The third-order valence-electron chi connectivity index (χ3n) is 0.741. The Hall–Kier alpha value is 0.170. The maximum atomic E-state index is 10.5. The molecule has 0 spiro atoms. The van der Waals surface area contributed by atoms with E-state index in [1.807, 2.05) is 0 Å². The zero-order valence-electron chi connectivity index (χ0n) is 5.35. The quantitative estimate of drug-likeness (QED) is 0.443. The summed E-state index contributed by atoms with van der Waals surface area (Å²) >= 11 is 6.50. The summed E-state index contributed by atoms with van der Waals surface area (Å²) in [5.41, 5.74) is 0. The predicted molar refractivity (Wildman–Crippen MR) is 47.7 cm³/mol. The second-order valence-corrected chi connectivity index (χ2v) is 3.53. The molecule has 0 amide bonds. The first-order chi connectivity index (χ1) is 4.70. The van der Waals surface area contributed by atoms with Gasteiger partial charge in [-0.3, -0.25) is 0 Å². The molecule has 0 radical (unpaired) electrons. The lowest BCUT2D eigenvalue weighted by molar-refractivity contribution is -0.137. The van der Waals surface area contributed by atoms with Gasteiger partial charge in [-0.2, -0.15) is 0 Å². The van der Waals surface area contributed by atoms with Crippen molar-refractivity contribution in [3.8, 4) is 0 Å². The number of rotatable bonds is 4. The van der Waals surface area contributed by atoms with Crippen molar-refractivity contribution < 1.29 is 9.53 Å². The highest BCUT2D eigenvalue weighted by Crippen LogP contribution is 2.03. The van der Waals surface area contributed by atoms with Crippen molar-refractivity contribution in [1.82, 2.24) is 0 Å². The van der Waals surface area contributed by atoms with E-state index in [0.717, 1.165) is 11.4 Å². The summed E-state index contributed by atoms with van der Waals surface area (Å²) in [7, 11) is 0. The number of hydrogen-bond acceptors (Lipinski definition) is 2. The molecule has 0 unspecified atom stereocenters. The van der Waals surface area contributed by atoms with Gasteiger partial charge in [0.05, 0.1) is 4.83 Å². The molecule has 1 atom stereocenters. The average molecular weight is 272 g/mol. The fourth-order valence-corrected chi connectivity index (χ4v) is 0.595. The standard InChI is InChI=1S/C6H8Br2O2/c1-2-6(9)10-4-5(8)3-7/h2,5H,1,3-4H2/t5-/m1/s1. The van der Waals surface area contributed by atoms with Gasteiger partial charge in [0.2, 0.25) is 0 Å². The van der Waals surface area contributed by atoms with Crippen molar-refractivity contribution in [2.75, 3.05) is 11.9 Å². The zero-order chi connectivity index (χ0) is 7.98. The van der Waals surface area contributed by atoms with E-state index in [-0.39, 0.29) is 10.8 Å². The van der Waals surface area contributed by atoms with Gasteiger partial charge in [0.1, 0.15) is 6.61 Å². The summed E-state index contributed by atoms with van der Waals surface area (Å²) in [4.78, 5) is 10.6. The minimum atomic E-state index is -0.384. The fourth-order valence-electron chi connectivity index (χ4n) is 0.276. The molecule has 0 saturated heterocycles. The molecule has 0 aromatic heterocycles. The molecule has 0 N–H and O–H groups in total. The van der Waals surface area contributed by atoms with Gasteiger partial charge in [-0.25, -0.2) is 4.79 Å². The molecule has 0 bridgehead atoms. The third-order valence-corrected chi connectivity index (χ3v) is 2.98. The number of alkyl halides is 2. The highest BCUT2D eigenvalue weighted by Gasteiger charge is 2.03. The third kappa shape index (κ3) is 4.99. The predicted octanol–water partition coefficient (Wildman–Crippen LogP) is 1.87. The van der Waals surface area contributed by atoms with Crippen LogP contribution >= 0.6 is 31.9 Å². The minimum Gasteiger partial charge on any atom is -0.461 e. The highest BCUT2D eigenvalue weighted by molar-refractivity contribution is 9.12. The van der Waals surface area contributed by atoms with Gasteiger partial charge in [-0.1, -0.05) is 38.4 Å². The summed E-state index contributed by atoms with van der Waals surface area (Å²) in [5, 5.41) is 0.761. The van der Waals surface area contributed by atoms with E-state index in [4.69, 9.17) is 4.74 Å². The maximum Gasteiger partial charge on any atom is 0.330 e. The van der Waals surface area contributed by atoms with E-state index < -0.39 is 0 Å². The van der Waals surface area contributed by atoms with Gasteiger partial charge in [0, 0.05) is 11.4 Å². The van der Waals surface area contributed by atoms with Crippen LogP contribution in [0.3, 0.4) is 0 Å². The number of halogens is 2. The Balaban J connectivity index is 3.34. The molecule has 2 nitrogen and oxygen atoms in total. The van der Waals surface area contributed by atoms with Crippen LogP contribution in [0, 0.1) is 0 Å². The molecule has 0 aliphatic heterocycles. The topological polar surface area (TPSA) is 26.3 Å². The number of ether oxygens (including phenoxy) is 1. The van der Waals surface area contributed by atoms with Crippen molar-refractivity contribution in [3.63, 3.8) is 0 Å². The van der Waals surface area contributed by atoms with Crippen molar-refractivity contribution in [2.45, 2.75) is 4.83 Å². The van der Waals surface area contributed by atoms with Gasteiger partial charge in [-0.05, 0) is 0 Å². The molecule has 0 rings (SSSR count). The smallest absolute Gasteiger partial charge is 0.330 e. The van der Waals surface area contributed by atoms with E-state index in [1.54, 1.807) is 0 Å². The van der Waals surface area contributed by atoms with Crippen molar-refractivity contribution >= 4 is 37.8 Å². The van der Waals surface area contributed by atoms with Crippen molar-refractivity contribution in [1.29, 1.82) is 0 Å². The van der Waals surface area contributed by atoms with Gasteiger partial charge in [-0.15, -0.1) is 0 Å². The number of carbonyl (C=O) groups is 1. The van der Waals surface area contributed by atoms with Gasteiger partial charge >= 0.3 is 5.97 Å². The lowest BCUT2D eigenvalue weighted by atomic mass is 10.5. The summed E-state index contributed by atoms with van der Waals surface area (Å²) in [6, 6.07) is 0. The molecule has 0 aliphatic carbocycles. The Kier molecular flexibility index (Phi) is 6.02. The van der Waals surface area contributed by atoms with E-state index >= 15 is 0 Å².